The van der Waals surface area contributed by atoms with Crippen LogP contribution in [-0.2, 0) is 14.3 Å². The van der Waals surface area contributed by atoms with E-state index in [4.69, 9.17) is 22.1 Å². The predicted octanol–water partition coefficient (Wildman–Crippen LogP) is 2.24. The number of amides is 3. The maximum Gasteiger partial charge on any atom is 0.312 e. The van der Waals surface area contributed by atoms with Gasteiger partial charge in [0.05, 0.1) is 12.5 Å². The molecule has 0 unspecified atom stereocenters. The quantitative estimate of drug-likeness (QED) is 0.737. The van der Waals surface area contributed by atoms with Crippen molar-refractivity contribution < 1.29 is 19.1 Å². The summed E-state index contributed by atoms with van der Waals surface area (Å²) in [6.07, 6.45) is 1.74. The van der Waals surface area contributed by atoms with E-state index in [1.807, 2.05) is 0 Å². The van der Waals surface area contributed by atoms with Gasteiger partial charge in [-0.1, -0.05) is 36.7 Å². The van der Waals surface area contributed by atoms with Crippen molar-refractivity contribution in [3.63, 3.8) is 0 Å². The van der Waals surface area contributed by atoms with Crippen LogP contribution >= 0.6 is 11.6 Å². The fourth-order valence-corrected chi connectivity index (χ4v) is 3.15. The second-order valence-electron chi connectivity index (χ2n) is 6.51. The summed E-state index contributed by atoms with van der Waals surface area (Å²) < 4.78 is 5.09. The first-order chi connectivity index (χ1) is 12.4. The Labute approximate surface area is 157 Å². The number of nitrogens with two attached hydrogens (primary N) is 1. The van der Waals surface area contributed by atoms with Gasteiger partial charge in [0.25, 0.3) is 5.91 Å². The molecule has 0 aliphatic carbocycles. The number of halogens is 1. The van der Waals surface area contributed by atoms with Crippen molar-refractivity contribution in [2.24, 2.45) is 11.7 Å². The van der Waals surface area contributed by atoms with Gasteiger partial charge in [0.15, 0.2) is 6.61 Å². The summed E-state index contributed by atoms with van der Waals surface area (Å²) in [5.74, 6) is -0.206. The van der Waals surface area contributed by atoms with Gasteiger partial charge in [0.2, 0.25) is 0 Å². The van der Waals surface area contributed by atoms with Gasteiger partial charge in [-0.05, 0) is 30.4 Å². The number of esters is 1. The van der Waals surface area contributed by atoms with Crippen LogP contribution in [0.1, 0.15) is 37.8 Å². The Morgan fingerprint density at radius 3 is 2.58 bits per heavy atom. The Hall–Kier alpha value is -2.28. The number of nitrogens with zero attached hydrogens (tertiary/aromatic N) is 1. The minimum Gasteiger partial charge on any atom is -0.455 e. The van der Waals surface area contributed by atoms with Crippen LogP contribution < -0.4 is 11.1 Å². The van der Waals surface area contributed by atoms with Crippen LogP contribution in [0.15, 0.2) is 24.3 Å². The summed E-state index contributed by atoms with van der Waals surface area (Å²) in [5, 5.41) is 2.88. The van der Waals surface area contributed by atoms with E-state index in [2.05, 4.69) is 12.2 Å². The highest BCUT2D eigenvalue weighted by Gasteiger charge is 2.23. The van der Waals surface area contributed by atoms with Gasteiger partial charge in [-0.2, -0.15) is 0 Å². The average molecular weight is 382 g/mol. The van der Waals surface area contributed by atoms with E-state index in [0.29, 0.717) is 29.6 Å². The van der Waals surface area contributed by atoms with Crippen molar-refractivity contribution in [3.05, 3.63) is 34.9 Å². The molecule has 142 valence electrons. The molecule has 26 heavy (non-hydrogen) atoms. The number of carbonyl (C=O) groups excluding carboxylic acids is 3. The van der Waals surface area contributed by atoms with E-state index < -0.39 is 18.0 Å². The van der Waals surface area contributed by atoms with Crippen LogP contribution in [0.4, 0.5) is 4.79 Å². The Kier molecular flexibility index (Phi) is 7.26. The second kappa shape index (κ2) is 9.43. The molecule has 3 N–H and O–H groups in total. The van der Waals surface area contributed by atoms with Crippen molar-refractivity contribution in [1.29, 1.82) is 0 Å². The first-order valence-electron chi connectivity index (χ1n) is 8.60. The normalized spacial score (nSPS) is 16.0. The third kappa shape index (κ3) is 5.91. The lowest BCUT2D eigenvalue weighted by molar-refractivity contribution is -0.153. The summed E-state index contributed by atoms with van der Waals surface area (Å²) >= 11 is 6.12. The van der Waals surface area contributed by atoms with Crippen LogP contribution in [0, 0.1) is 5.92 Å². The summed E-state index contributed by atoms with van der Waals surface area (Å²) in [6.45, 7) is 3.22. The number of hydrogen-bond acceptors (Lipinski definition) is 4. The lowest BCUT2D eigenvalue weighted by Crippen LogP contribution is -2.40. The van der Waals surface area contributed by atoms with Crippen LogP contribution in [-0.4, -0.2) is 42.5 Å². The van der Waals surface area contributed by atoms with Crippen molar-refractivity contribution in [1.82, 2.24) is 10.2 Å². The SMILES string of the molecule is CC1CCN(C(=O)COC(=O)C[C@H](NC(N)=O)c2ccccc2Cl)CC1. The standard InChI is InChI=1S/C18H24ClN3O4/c1-12-6-8-22(9-7-12)16(23)11-26-17(24)10-15(21-18(20)25)13-4-2-3-5-14(13)19/h2-5,12,15H,6-11H2,1H3,(H3,20,21,25)/t15-/m0/s1. The lowest BCUT2D eigenvalue weighted by atomic mass is 9.99. The molecule has 1 aliphatic rings. The van der Waals surface area contributed by atoms with Crippen molar-refractivity contribution >= 4 is 29.5 Å². The van der Waals surface area contributed by atoms with Gasteiger partial charge in [-0.3, -0.25) is 9.59 Å². The molecule has 0 spiro atoms. The molecule has 8 heteroatoms. The highest BCUT2D eigenvalue weighted by atomic mass is 35.5. The fraction of sp³-hybridized carbons (Fsp3) is 0.500. The monoisotopic (exact) mass is 381 g/mol. The molecule has 1 aromatic carbocycles. The van der Waals surface area contributed by atoms with Crippen LogP contribution in [0.2, 0.25) is 5.02 Å². The number of hydrogen-bond donors (Lipinski definition) is 2. The van der Waals surface area contributed by atoms with Crippen LogP contribution in [0.5, 0.6) is 0 Å². The van der Waals surface area contributed by atoms with E-state index in [1.165, 1.54) is 0 Å². The average Bonchev–Trinajstić information content (AvgIpc) is 2.60. The summed E-state index contributed by atoms with van der Waals surface area (Å²) in [4.78, 5) is 37.2. The molecule has 1 aromatic rings. The van der Waals surface area contributed by atoms with Gasteiger partial charge in [0.1, 0.15) is 0 Å². The molecule has 1 fully saturated rings. The van der Waals surface area contributed by atoms with Crippen molar-refractivity contribution in [2.75, 3.05) is 19.7 Å². The molecule has 0 radical (unpaired) electrons. The number of benzene rings is 1. The molecule has 1 heterocycles. The number of carbonyl (C=O) groups is 3. The first kappa shape index (κ1) is 20.0. The Morgan fingerprint density at radius 2 is 1.96 bits per heavy atom. The maximum atomic E-state index is 12.1. The smallest absolute Gasteiger partial charge is 0.312 e. The highest BCUT2D eigenvalue weighted by Crippen LogP contribution is 2.25. The fourth-order valence-electron chi connectivity index (χ4n) is 2.89. The zero-order chi connectivity index (χ0) is 19.1. The number of ether oxygens (including phenoxy) is 1. The molecule has 7 nitrogen and oxygen atoms in total. The Morgan fingerprint density at radius 1 is 1.31 bits per heavy atom. The predicted molar refractivity (Wildman–Crippen MR) is 97.5 cm³/mol. The highest BCUT2D eigenvalue weighted by molar-refractivity contribution is 6.31. The van der Waals surface area contributed by atoms with Gasteiger partial charge in [-0.25, -0.2) is 4.79 Å². The summed E-state index contributed by atoms with van der Waals surface area (Å²) in [6, 6.07) is 5.32. The van der Waals surface area contributed by atoms with Gasteiger partial charge in [0, 0.05) is 18.1 Å². The lowest BCUT2D eigenvalue weighted by Gasteiger charge is -2.30. The number of piperidine rings is 1. The van der Waals surface area contributed by atoms with E-state index >= 15 is 0 Å². The minimum atomic E-state index is -0.777. The zero-order valence-electron chi connectivity index (χ0n) is 14.7. The first-order valence-corrected chi connectivity index (χ1v) is 8.98. The van der Waals surface area contributed by atoms with E-state index in [1.54, 1.807) is 29.2 Å². The number of urea groups is 1. The van der Waals surface area contributed by atoms with Gasteiger partial charge < -0.3 is 20.7 Å². The van der Waals surface area contributed by atoms with Crippen molar-refractivity contribution in [3.8, 4) is 0 Å². The van der Waals surface area contributed by atoms with E-state index in [9.17, 15) is 14.4 Å². The largest absolute Gasteiger partial charge is 0.455 e. The summed E-state index contributed by atoms with van der Waals surface area (Å²) in [5.41, 5.74) is 5.74. The molecular formula is C18H24ClN3O4. The molecule has 1 saturated heterocycles. The third-order valence-corrected chi connectivity index (χ3v) is 4.81. The number of rotatable bonds is 6. The molecule has 3 amide bonds. The number of likely N-dealkylation sites (tertiary alicyclic amines) is 1. The van der Waals surface area contributed by atoms with Crippen LogP contribution in [0.25, 0.3) is 0 Å². The zero-order valence-corrected chi connectivity index (χ0v) is 15.5. The molecule has 1 aliphatic heterocycles. The van der Waals surface area contributed by atoms with Crippen LogP contribution in [0.3, 0.4) is 0 Å². The Bertz CT molecular complexity index is 660. The van der Waals surface area contributed by atoms with E-state index in [0.717, 1.165) is 12.8 Å². The molecule has 0 saturated carbocycles. The molecule has 0 aromatic heterocycles. The Balaban J connectivity index is 1.90. The molecular weight excluding hydrogens is 358 g/mol. The summed E-state index contributed by atoms with van der Waals surface area (Å²) in [7, 11) is 0. The molecule has 1 atom stereocenters. The number of nitrogens with one attached hydrogen (secondary N) is 1. The van der Waals surface area contributed by atoms with Gasteiger partial charge >= 0.3 is 12.0 Å². The maximum absolute atomic E-state index is 12.1. The molecule has 2 rings (SSSR count). The van der Waals surface area contributed by atoms with E-state index in [-0.39, 0.29) is 18.9 Å². The van der Waals surface area contributed by atoms with Gasteiger partial charge in [-0.15, -0.1) is 0 Å². The molecule has 0 bridgehead atoms. The third-order valence-electron chi connectivity index (χ3n) is 4.46. The van der Waals surface area contributed by atoms with Crippen molar-refractivity contribution in [2.45, 2.75) is 32.2 Å². The minimum absolute atomic E-state index is 0.170. The topological polar surface area (TPSA) is 102 Å². The second-order valence-corrected chi connectivity index (χ2v) is 6.92. The number of primary amides is 1.